The van der Waals surface area contributed by atoms with Gasteiger partial charge in [0.1, 0.15) is 5.82 Å². The molecule has 0 aromatic carbocycles. The molecule has 2 atom stereocenters. The average Bonchev–Trinajstić information content (AvgIpc) is 2.58. The van der Waals surface area contributed by atoms with Gasteiger partial charge in [0.2, 0.25) is 0 Å². The molecule has 0 radical (unpaired) electrons. The zero-order valence-electron chi connectivity index (χ0n) is 11.1. The lowest BCUT2D eigenvalue weighted by molar-refractivity contribution is 0.494. The Bertz CT molecular complexity index is 407. The monoisotopic (exact) mass is 252 g/mol. The van der Waals surface area contributed by atoms with E-state index in [9.17, 15) is 0 Å². The van der Waals surface area contributed by atoms with E-state index in [1.165, 1.54) is 11.1 Å². The number of nitrogens with zero attached hydrogens (tertiary/aromatic N) is 2. The Kier molecular flexibility index (Phi) is 3.62. The van der Waals surface area contributed by atoms with E-state index in [-0.39, 0.29) is 0 Å². The number of aryl methyl sites for hydroxylation is 2. The highest BCUT2D eigenvalue weighted by atomic mass is 35.5. The van der Waals surface area contributed by atoms with Gasteiger partial charge in [-0.1, -0.05) is 13.8 Å². The number of halogens is 1. The summed E-state index contributed by atoms with van der Waals surface area (Å²) in [4.78, 5) is 7.09. The lowest BCUT2D eigenvalue weighted by Gasteiger charge is -2.22. The molecule has 0 saturated carbocycles. The fourth-order valence-corrected chi connectivity index (χ4v) is 2.90. The summed E-state index contributed by atoms with van der Waals surface area (Å²) in [6.45, 7) is 11.0. The normalized spacial score (nSPS) is 24.4. The molecule has 0 amide bonds. The first kappa shape index (κ1) is 12.7. The van der Waals surface area contributed by atoms with Crippen molar-refractivity contribution < 1.29 is 0 Å². The third kappa shape index (κ3) is 2.42. The van der Waals surface area contributed by atoms with Gasteiger partial charge in [0.15, 0.2) is 0 Å². The fraction of sp³-hybridized carbons (Fsp3) is 0.643. The van der Waals surface area contributed by atoms with E-state index in [0.29, 0.717) is 5.88 Å². The Hall–Kier alpha value is -0.760. The Morgan fingerprint density at radius 1 is 1.29 bits per heavy atom. The topological polar surface area (TPSA) is 16.1 Å². The van der Waals surface area contributed by atoms with E-state index in [1.54, 1.807) is 0 Å². The predicted molar refractivity (Wildman–Crippen MR) is 73.8 cm³/mol. The van der Waals surface area contributed by atoms with Gasteiger partial charge in [-0.25, -0.2) is 4.98 Å². The van der Waals surface area contributed by atoms with Crippen molar-refractivity contribution in [3.05, 3.63) is 22.9 Å². The van der Waals surface area contributed by atoms with Gasteiger partial charge in [0, 0.05) is 24.3 Å². The van der Waals surface area contributed by atoms with Gasteiger partial charge in [-0.2, -0.15) is 0 Å². The predicted octanol–water partition coefficient (Wildman–Crippen LogP) is 3.53. The lowest BCUT2D eigenvalue weighted by atomic mass is 10.0. The van der Waals surface area contributed by atoms with Crippen LogP contribution in [0.4, 0.5) is 5.82 Å². The number of pyridine rings is 1. The van der Waals surface area contributed by atoms with Gasteiger partial charge in [-0.05, 0) is 37.3 Å². The van der Waals surface area contributed by atoms with Crippen molar-refractivity contribution in [1.82, 2.24) is 4.98 Å². The Morgan fingerprint density at radius 2 is 1.88 bits per heavy atom. The maximum atomic E-state index is 6.07. The SMILES string of the molecule is Cc1cc(C)c(CCl)c(N2CC(C)C(C)C2)n1. The summed E-state index contributed by atoms with van der Waals surface area (Å²) in [5, 5.41) is 0. The van der Waals surface area contributed by atoms with Crippen molar-refractivity contribution in [2.45, 2.75) is 33.6 Å². The molecule has 17 heavy (non-hydrogen) atoms. The number of hydrogen-bond donors (Lipinski definition) is 0. The van der Waals surface area contributed by atoms with Crippen molar-refractivity contribution in [3.63, 3.8) is 0 Å². The molecule has 1 fully saturated rings. The maximum Gasteiger partial charge on any atom is 0.133 e. The molecule has 0 N–H and O–H groups in total. The molecular weight excluding hydrogens is 232 g/mol. The largest absolute Gasteiger partial charge is 0.356 e. The smallest absolute Gasteiger partial charge is 0.133 e. The van der Waals surface area contributed by atoms with E-state index in [1.807, 2.05) is 0 Å². The standard InChI is InChI=1S/C14H21ClN2/c1-9-5-12(4)16-14(13(9)6-15)17-7-10(2)11(3)8-17/h5,10-11H,6-8H2,1-4H3. The summed E-state index contributed by atoms with van der Waals surface area (Å²) in [5.41, 5.74) is 3.53. The van der Waals surface area contributed by atoms with Crippen LogP contribution in [0.15, 0.2) is 6.07 Å². The van der Waals surface area contributed by atoms with E-state index < -0.39 is 0 Å². The molecule has 2 heterocycles. The molecule has 1 aliphatic rings. The third-order valence-electron chi connectivity index (χ3n) is 3.87. The lowest BCUT2D eigenvalue weighted by Crippen LogP contribution is -2.23. The van der Waals surface area contributed by atoms with E-state index >= 15 is 0 Å². The molecule has 0 spiro atoms. The highest BCUT2D eigenvalue weighted by molar-refractivity contribution is 6.17. The van der Waals surface area contributed by atoms with Crippen LogP contribution in [-0.4, -0.2) is 18.1 Å². The number of hydrogen-bond acceptors (Lipinski definition) is 2. The van der Waals surface area contributed by atoms with Crippen molar-refractivity contribution in [3.8, 4) is 0 Å². The minimum absolute atomic E-state index is 0.549. The van der Waals surface area contributed by atoms with Gasteiger partial charge in [-0.15, -0.1) is 11.6 Å². The molecule has 94 valence electrons. The van der Waals surface area contributed by atoms with Gasteiger partial charge in [0.25, 0.3) is 0 Å². The Balaban J connectivity index is 2.38. The van der Waals surface area contributed by atoms with Crippen LogP contribution in [0.25, 0.3) is 0 Å². The maximum absolute atomic E-state index is 6.07. The van der Waals surface area contributed by atoms with Crippen LogP contribution < -0.4 is 4.90 Å². The van der Waals surface area contributed by atoms with Crippen LogP contribution in [0.2, 0.25) is 0 Å². The Labute approximate surface area is 109 Å². The molecular formula is C14H21ClN2. The summed E-state index contributed by atoms with van der Waals surface area (Å²) in [6.07, 6.45) is 0. The molecule has 1 aromatic heterocycles. The molecule has 2 rings (SSSR count). The summed E-state index contributed by atoms with van der Waals surface area (Å²) in [6, 6.07) is 2.12. The third-order valence-corrected chi connectivity index (χ3v) is 4.14. The van der Waals surface area contributed by atoms with Crippen LogP contribution >= 0.6 is 11.6 Å². The van der Waals surface area contributed by atoms with E-state index in [4.69, 9.17) is 16.6 Å². The summed E-state index contributed by atoms with van der Waals surface area (Å²) < 4.78 is 0. The van der Waals surface area contributed by atoms with Crippen molar-refractivity contribution in [1.29, 1.82) is 0 Å². The van der Waals surface area contributed by atoms with Gasteiger partial charge < -0.3 is 4.90 Å². The van der Waals surface area contributed by atoms with Crippen LogP contribution in [0.1, 0.15) is 30.7 Å². The molecule has 1 aromatic rings. The molecule has 3 heteroatoms. The highest BCUT2D eigenvalue weighted by Crippen LogP contribution is 2.31. The second-order valence-electron chi connectivity index (χ2n) is 5.38. The number of rotatable bonds is 2. The Morgan fingerprint density at radius 3 is 2.41 bits per heavy atom. The first-order valence-electron chi connectivity index (χ1n) is 6.31. The zero-order valence-corrected chi connectivity index (χ0v) is 11.9. The second-order valence-corrected chi connectivity index (χ2v) is 5.64. The molecule has 2 unspecified atom stereocenters. The number of aromatic nitrogens is 1. The molecule has 0 aliphatic carbocycles. The fourth-order valence-electron chi connectivity index (χ4n) is 2.57. The summed E-state index contributed by atoms with van der Waals surface area (Å²) >= 11 is 6.07. The molecule has 1 aliphatic heterocycles. The van der Waals surface area contributed by atoms with E-state index in [2.05, 4.69) is 38.7 Å². The van der Waals surface area contributed by atoms with Gasteiger partial charge in [-0.3, -0.25) is 0 Å². The van der Waals surface area contributed by atoms with Crippen LogP contribution in [0.3, 0.4) is 0 Å². The second kappa shape index (κ2) is 4.85. The summed E-state index contributed by atoms with van der Waals surface area (Å²) in [5.74, 6) is 3.13. The molecule has 1 saturated heterocycles. The zero-order chi connectivity index (χ0) is 12.6. The number of anilines is 1. The van der Waals surface area contributed by atoms with Gasteiger partial charge in [0.05, 0.1) is 5.88 Å². The van der Waals surface area contributed by atoms with Gasteiger partial charge >= 0.3 is 0 Å². The summed E-state index contributed by atoms with van der Waals surface area (Å²) in [7, 11) is 0. The minimum atomic E-state index is 0.549. The van der Waals surface area contributed by atoms with Crippen LogP contribution in [0, 0.1) is 25.7 Å². The van der Waals surface area contributed by atoms with E-state index in [0.717, 1.165) is 36.4 Å². The molecule has 2 nitrogen and oxygen atoms in total. The molecule has 0 bridgehead atoms. The van der Waals surface area contributed by atoms with Crippen molar-refractivity contribution in [2.24, 2.45) is 11.8 Å². The average molecular weight is 253 g/mol. The van der Waals surface area contributed by atoms with Crippen LogP contribution in [0.5, 0.6) is 0 Å². The van der Waals surface area contributed by atoms with Crippen LogP contribution in [-0.2, 0) is 5.88 Å². The van der Waals surface area contributed by atoms with Crippen molar-refractivity contribution >= 4 is 17.4 Å². The number of alkyl halides is 1. The first-order chi connectivity index (χ1) is 8.02. The first-order valence-corrected chi connectivity index (χ1v) is 6.84. The minimum Gasteiger partial charge on any atom is -0.356 e. The van der Waals surface area contributed by atoms with Crippen molar-refractivity contribution in [2.75, 3.05) is 18.0 Å². The highest BCUT2D eigenvalue weighted by Gasteiger charge is 2.28. The quantitative estimate of drug-likeness (QED) is 0.749.